The van der Waals surface area contributed by atoms with E-state index in [4.69, 9.17) is 24.1 Å². The number of hydrogen-bond donors (Lipinski definition) is 1. The van der Waals surface area contributed by atoms with Gasteiger partial charge in [-0.15, -0.1) is 6.58 Å². The predicted octanol–water partition coefficient (Wildman–Crippen LogP) is 8.26. The molecule has 0 aliphatic carbocycles. The fourth-order valence-electron chi connectivity index (χ4n) is 4.30. The molecule has 1 fully saturated rings. The topological polar surface area (TPSA) is 66.4 Å². The number of ether oxygens (including phenoxy) is 4. The van der Waals surface area contributed by atoms with Crippen molar-refractivity contribution < 1.29 is 28.6 Å². The quantitative estimate of drug-likeness (QED) is 0.152. The highest BCUT2D eigenvalue weighted by Gasteiger charge is 2.39. The summed E-state index contributed by atoms with van der Waals surface area (Å²) in [5.41, 5.74) is 2.36. The molecule has 7 heteroatoms. The lowest BCUT2D eigenvalue weighted by atomic mass is 9.80. The smallest absolute Gasteiger partial charge is 0.143 e. The van der Waals surface area contributed by atoms with E-state index in [0.29, 0.717) is 15.4 Å². The zero-order valence-electron chi connectivity index (χ0n) is 27.1. The zero-order chi connectivity index (χ0) is 31.8. The van der Waals surface area contributed by atoms with Gasteiger partial charge < -0.3 is 28.6 Å². The first-order valence-corrected chi connectivity index (χ1v) is 15.7. The van der Waals surface area contributed by atoms with Crippen LogP contribution in [-0.4, -0.2) is 59.0 Å². The molecule has 42 heavy (non-hydrogen) atoms. The number of hydrogen-bond acceptors (Lipinski definition) is 6. The van der Waals surface area contributed by atoms with Crippen molar-refractivity contribution in [2.24, 2.45) is 0 Å². The van der Waals surface area contributed by atoms with Gasteiger partial charge in [0.1, 0.15) is 17.1 Å². The van der Waals surface area contributed by atoms with Crippen LogP contribution in [0.15, 0.2) is 91.5 Å². The van der Waals surface area contributed by atoms with E-state index in [1.807, 2.05) is 57.8 Å². The molecule has 1 saturated heterocycles. The minimum Gasteiger partial charge on any atom is -0.497 e. The molecule has 3 aromatic rings. The summed E-state index contributed by atoms with van der Waals surface area (Å²) >= 11 is 0. The Morgan fingerprint density at radius 2 is 1.24 bits per heavy atom. The lowest BCUT2D eigenvalue weighted by Crippen LogP contribution is -2.35. The van der Waals surface area contributed by atoms with E-state index in [1.54, 1.807) is 27.4 Å². The van der Waals surface area contributed by atoms with Gasteiger partial charge in [0.25, 0.3) is 0 Å². The molecule has 1 aliphatic rings. The summed E-state index contributed by atoms with van der Waals surface area (Å²) in [5.74, 6) is 1.63. The summed E-state index contributed by atoms with van der Waals surface area (Å²) in [4.78, 5) is 0. The third-order valence-corrected chi connectivity index (χ3v) is 6.59. The first kappa shape index (κ1) is 39.3. The molecular formula is C35H53O6P. The average Bonchev–Trinajstić information content (AvgIpc) is 3.49. The summed E-state index contributed by atoms with van der Waals surface area (Å²) in [6.07, 6.45) is 4.20. The van der Waals surface area contributed by atoms with Gasteiger partial charge in [0.15, 0.2) is 0 Å². The van der Waals surface area contributed by atoms with E-state index in [1.165, 1.54) is 0 Å². The molecule has 1 N–H and O–H groups in total. The van der Waals surface area contributed by atoms with E-state index in [2.05, 4.69) is 66.6 Å². The fourth-order valence-corrected chi connectivity index (χ4v) is 4.30. The van der Waals surface area contributed by atoms with Gasteiger partial charge in [-0.25, -0.2) is 0 Å². The minimum absolute atomic E-state index is 0.0922. The second-order valence-electron chi connectivity index (χ2n) is 8.78. The second-order valence-corrected chi connectivity index (χ2v) is 9.59. The van der Waals surface area contributed by atoms with Crippen LogP contribution in [0.1, 0.15) is 57.2 Å². The lowest BCUT2D eigenvalue weighted by Gasteiger charge is -2.37. The maximum atomic E-state index is 7.00. The summed E-state index contributed by atoms with van der Waals surface area (Å²) in [6.45, 7) is 13.9. The first-order chi connectivity index (χ1) is 20.5. The average molecular weight is 601 g/mol. The Balaban J connectivity index is 0.00000134. The van der Waals surface area contributed by atoms with Gasteiger partial charge in [0.2, 0.25) is 0 Å². The predicted molar refractivity (Wildman–Crippen MR) is 178 cm³/mol. The number of aliphatic hydroxyl groups excluding tert-OH is 1. The third kappa shape index (κ3) is 12.2. The molecule has 1 heterocycles. The van der Waals surface area contributed by atoms with Gasteiger partial charge in [0, 0.05) is 23.0 Å². The van der Waals surface area contributed by atoms with Crippen LogP contribution < -0.4 is 9.47 Å². The molecule has 0 bridgehead atoms. The largest absolute Gasteiger partial charge is 0.497 e. The van der Waals surface area contributed by atoms with Crippen molar-refractivity contribution in [3.05, 3.63) is 108 Å². The molecular weight excluding hydrogens is 547 g/mol. The van der Waals surface area contributed by atoms with Crippen LogP contribution in [0.4, 0.5) is 0 Å². The molecule has 234 valence electrons. The lowest BCUT2D eigenvalue weighted by molar-refractivity contribution is -0.0586. The molecule has 0 amide bonds. The van der Waals surface area contributed by atoms with Crippen molar-refractivity contribution >= 4 is 8.81 Å². The van der Waals surface area contributed by atoms with Crippen LogP contribution in [0.3, 0.4) is 0 Å². The molecule has 1 unspecified atom stereocenters. The Labute approximate surface area is 256 Å². The Morgan fingerprint density at radius 1 is 0.833 bits per heavy atom. The highest BCUT2D eigenvalue weighted by molar-refractivity contribution is 7.31. The third-order valence-electron chi connectivity index (χ3n) is 6.18. The Hall–Kier alpha value is -2.73. The maximum absolute atomic E-state index is 7.00. The Kier molecular flexibility index (Phi) is 22.2. The van der Waals surface area contributed by atoms with E-state index < -0.39 is 5.60 Å². The number of rotatable bonds is 9. The van der Waals surface area contributed by atoms with Crippen LogP contribution in [-0.2, 0) is 19.6 Å². The van der Waals surface area contributed by atoms with Crippen molar-refractivity contribution in [1.82, 2.24) is 0 Å². The summed E-state index contributed by atoms with van der Waals surface area (Å²) in [5, 5.41) is 7.00. The van der Waals surface area contributed by atoms with Crippen LogP contribution in [0.25, 0.3) is 0 Å². The Bertz CT molecular complexity index is 992. The van der Waals surface area contributed by atoms with Gasteiger partial charge >= 0.3 is 0 Å². The van der Waals surface area contributed by atoms with Gasteiger partial charge in [-0.05, 0) is 74.3 Å². The van der Waals surface area contributed by atoms with Crippen LogP contribution >= 0.6 is 8.81 Å². The summed E-state index contributed by atoms with van der Waals surface area (Å²) in [7, 11) is 6.69. The fraction of sp³-hybridized carbons (Fsp3) is 0.429. The van der Waals surface area contributed by atoms with Crippen molar-refractivity contribution in [2.45, 2.75) is 58.3 Å². The van der Waals surface area contributed by atoms with Gasteiger partial charge in [-0.2, -0.15) is 0 Å². The first-order valence-electron chi connectivity index (χ1n) is 14.3. The maximum Gasteiger partial charge on any atom is 0.143 e. The molecule has 3 atom stereocenters. The molecule has 0 aromatic heterocycles. The molecule has 6 nitrogen and oxygen atoms in total. The van der Waals surface area contributed by atoms with E-state index in [0.717, 1.165) is 48.1 Å². The SMILES string of the molecule is C=CC.CC.CO.COPC.COc1ccc(C(OC[C@@H]2CC[C@H](C)O2)(c2ccccc2)c2ccc(OC)cc2)cc1. The van der Waals surface area contributed by atoms with Gasteiger partial charge in [-0.3, -0.25) is 0 Å². The summed E-state index contributed by atoms with van der Waals surface area (Å²) < 4.78 is 28.3. The highest BCUT2D eigenvalue weighted by atomic mass is 31.1. The molecule has 0 radical (unpaired) electrons. The highest BCUT2D eigenvalue weighted by Crippen LogP contribution is 2.42. The number of benzene rings is 3. The van der Waals surface area contributed by atoms with Crippen LogP contribution in [0.2, 0.25) is 0 Å². The van der Waals surface area contributed by atoms with Gasteiger partial charge in [-0.1, -0.05) is 74.5 Å². The van der Waals surface area contributed by atoms with Crippen LogP contribution in [0.5, 0.6) is 11.5 Å². The molecule has 4 rings (SSSR count). The van der Waals surface area contributed by atoms with E-state index in [-0.39, 0.29) is 12.2 Å². The van der Waals surface area contributed by atoms with Crippen molar-refractivity contribution in [1.29, 1.82) is 0 Å². The second kappa shape index (κ2) is 23.8. The summed E-state index contributed by atoms with van der Waals surface area (Å²) in [6, 6.07) is 26.6. The van der Waals surface area contributed by atoms with E-state index >= 15 is 0 Å². The number of allylic oxidation sites excluding steroid dienone is 1. The molecule has 1 aliphatic heterocycles. The molecule has 0 spiro atoms. The molecule has 0 saturated carbocycles. The van der Waals surface area contributed by atoms with Gasteiger partial charge in [0.05, 0.1) is 33.0 Å². The number of aliphatic hydroxyl groups is 1. The standard InChI is InChI=1S/C27H30O4.C3H6.C2H7OP.C2H6.CH4O/c1-20-9-14-26(31-20)19-30-27(21-7-5-4-6-8-21,22-10-15-24(28-2)16-11-22)23-12-17-25(29-3)18-13-23;1-3-2;1-3-4-2;2*1-2/h4-8,10-13,15-18,20,26H,9,14,19H2,1-3H3;3H,1H2,2H3;4H,1-2H3;1-2H3;2H,1H3/t20-,26-;;;;/m0..../s1. The van der Waals surface area contributed by atoms with Crippen molar-refractivity contribution in [3.63, 3.8) is 0 Å². The normalized spacial score (nSPS) is 15.4. The van der Waals surface area contributed by atoms with Crippen LogP contribution in [0, 0.1) is 0 Å². The molecule has 3 aromatic carbocycles. The van der Waals surface area contributed by atoms with Crippen molar-refractivity contribution in [2.75, 3.05) is 41.7 Å². The monoisotopic (exact) mass is 600 g/mol. The number of methoxy groups -OCH3 is 2. The minimum atomic E-state index is -0.783. The van der Waals surface area contributed by atoms with Crippen molar-refractivity contribution in [3.8, 4) is 11.5 Å². The Morgan fingerprint density at radius 3 is 1.57 bits per heavy atom. The van der Waals surface area contributed by atoms with E-state index in [9.17, 15) is 0 Å². The zero-order valence-corrected chi connectivity index (χ0v) is 28.1.